The molecule has 2 nitrogen and oxygen atoms in total. The van der Waals surface area contributed by atoms with E-state index >= 15 is 0 Å². The zero-order chi connectivity index (χ0) is 11.9. The van der Waals surface area contributed by atoms with Crippen molar-refractivity contribution in [2.24, 2.45) is 0 Å². The molecule has 0 amide bonds. The molecular weight excluding hydrogens is 210 g/mol. The summed E-state index contributed by atoms with van der Waals surface area (Å²) in [5, 5.41) is 3.63. The number of nitrogens with one attached hydrogen (secondary N) is 1. The van der Waals surface area contributed by atoms with Crippen molar-refractivity contribution in [1.29, 1.82) is 0 Å². The average molecular weight is 233 g/mol. The molecular formula is C15H23NO. The van der Waals surface area contributed by atoms with E-state index in [0.717, 1.165) is 19.6 Å². The molecule has 2 unspecified atom stereocenters. The molecule has 1 fully saturated rings. The SMILES string of the molecule is CCCCC1OCCC1NCc1ccccc1. The van der Waals surface area contributed by atoms with Gasteiger partial charge in [-0.25, -0.2) is 0 Å². The van der Waals surface area contributed by atoms with E-state index in [1.807, 2.05) is 0 Å². The summed E-state index contributed by atoms with van der Waals surface area (Å²) < 4.78 is 5.79. The van der Waals surface area contributed by atoms with Crippen LogP contribution in [0.25, 0.3) is 0 Å². The lowest BCUT2D eigenvalue weighted by molar-refractivity contribution is 0.0892. The molecule has 17 heavy (non-hydrogen) atoms. The summed E-state index contributed by atoms with van der Waals surface area (Å²) in [4.78, 5) is 0. The molecule has 0 saturated carbocycles. The van der Waals surface area contributed by atoms with Crippen molar-refractivity contribution in [2.45, 2.75) is 51.3 Å². The van der Waals surface area contributed by atoms with Crippen LogP contribution >= 0.6 is 0 Å². The van der Waals surface area contributed by atoms with Gasteiger partial charge in [-0.2, -0.15) is 0 Å². The first-order valence-corrected chi connectivity index (χ1v) is 6.79. The summed E-state index contributed by atoms with van der Waals surface area (Å²) in [7, 11) is 0. The molecule has 1 saturated heterocycles. The van der Waals surface area contributed by atoms with Gasteiger partial charge in [-0.15, -0.1) is 0 Å². The molecule has 0 spiro atoms. The van der Waals surface area contributed by atoms with Crippen molar-refractivity contribution in [3.63, 3.8) is 0 Å². The van der Waals surface area contributed by atoms with Crippen LogP contribution in [0.1, 0.15) is 38.2 Å². The van der Waals surface area contributed by atoms with Crippen molar-refractivity contribution >= 4 is 0 Å². The van der Waals surface area contributed by atoms with E-state index in [0.29, 0.717) is 12.1 Å². The Morgan fingerprint density at radius 2 is 2.12 bits per heavy atom. The Labute approximate surface area is 104 Å². The van der Waals surface area contributed by atoms with Crippen molar-refractivity contribution in [1.82, 2.24) is 5.32 Å². The van der Waals surface area contributed by atoms with Crippen molar-refractivity contribution in [3.8, 4) is 0 Å². The molecule has 0 radical (unpaired) electrons. The van der Waals surface area contributed by atoms with E-state index in [-0.39, 0.29) is 0 Å². The Morgan fingerprint density at radius 3 is 2.88 bits per heavy atom. The first-order chi connectivity index (χ1) is 8.40. The topological polar surface area (TPSA) is 21.3 Å². The molecule has 1 N–H and O–H groups in total. The molecule has 2 heteroatoms. The fourth-order valence-electron chi connectivity index (χ4n) is 2.42. The van der Waals surface area contributed by atoms with Crippen LogP contribution in [0.15, 0.2) is 30.3 Å². The fourth-order valence-corrected chi connectivity index (χ4v) is 2.42. The summed E-state index contributed by atoms with van der Waals surface area (Å²) in [6.45, 7) is 4.11. The highest BCUT2D eigenvalue weighted by atomic mass is 16.5. The third kappa shape index (κ3) is 3.83. The van der Waals surface area contributed by atoms with Gasteiger partial charge in [0, 0.05) is 19.2 Å². The van der Waals surface area contributed by atoms with Gasteiger partial charge in [0.05, 0.1) is 6.10 Å². The van der Waals surface area contributed by atoms with E-state index < -0.39 is 0 Å². The van der Waals surface area contributed by atoms with Gasteiger partial charge >= 0.3 is 0 Å². The quantitative estimate of drug-likeness (QED) is 0.815. The van der Waals surface area contributed by atoms with E-state index in [9.17, 15) is 0 Å². The normalized spacial score (nSPS) is 24.1. The predicted octanol–water partition coefficient (Wildman–Crippen LogP) is 3.12. The van der Waals surface area contributed by atoms with Gasteiger partial charge in [0.15, 0.2) is 0 Å². The minimum atomic E-state index is 0.429. The van der Waals surface area contributed by atoms with Gasteiger partial charge in [0.1, 0.15) is 0 Å². The summed E-state index contributed by atoms with van der Waals surface area (Å²) >= 11 is 0. The molecule has 0 bridgehead atoms. The van der Waals surface area contributed by atoms with Crippen LogP contribution in [-0.2, 0) is 11.3 Å². The van der Waals surface area contributed by atoms with Crippen LogP contribution in [0.3, 0.4) is 0 Å². The number of benzene rings is 1. The van der Waals surface area contributed by atoms with E-state index in [4.69, 9.17) is 4.74 Å². The Hall–Kier alpha value is -0.860. The first-order valence-electron chi connectivity index (χ1n) is 6.79. The maximum absolute atomic E-state index is 5.79. The molecule has 1 aromatic carbocycles. The van der Waals surface area contributed by atoms with Gasteiger partial charge in [-0.1, -0.05) is 50.1 Å². The second kappa shape index (κ2) is 6.77. The van der Waals surface area contributed by atoms with Crippen LogP contribution < -0.4 is 5.32 Å². The van der Waals surface area contributed by atoms with Gasteiger partial charge < -0.3 is 10.1 Å². The Balaban J connectivity index is 1.78. The van der Waals surface area contributed by atoms with Crippen LogP contribution in [0.2, 0.25) is 0 Å². The zero-order valence-corrected chi connectivity index (χ0v) is 10.7. The lowest BCUT2D eigenvalue weighted by atomic mass is 10.0. The largest absolute Gasteiger partial charge is 0.377 e. The van der Waals surface area contributed by atoms with E-state index in [1.165, 1.54) is 24.8 Å². The number of hydrogen-bond donors (Lipinski definition) is 1. The highest BCUT2D eigenvalue weighted by molar-refractivity contribution is 5.14. The second-order valence-corrected chi connectivity index (χ2v) is 4.81. The highest BCUT2D eigenvalue weighted by Gasteiger charge is 2.26. The van der Waals surface area contributed by atoms with Crippen molar-refractivity contribution in [2.75, 3.05) is 6.61 Å². The van der Waals surface area contributed by atoms with Gasteiger partial charge in [-0.3, -0.25) is 0 Å². The molecule has 1 aliphatic rings. The smallest absolute Gasteiger partial charge is 0.0729 e. The lowest BCUT2D eigenvalue weighted by Gasteiger charge is -2.19. The summed E-state index contributed by atoms with van der Waals surface area (Å²) in [6, 6.07) is 11.1. The number of hydrogen-bond acceptors (Lipinski definition) is 2. The number of ether oxygens (including phenoxy) is 1. The second-order valence-electron chi connectivity index (χ2n) is 4.81. The van der Waals surface area contributed by atoms with E-state index in [1.54, 1.807) is 0 Å². The average Bonchev–Trinajstić information content (AvgIpc) is 2.82. The molecule has 2 atom stereocenters. The van der Waals surface area contributed by atoms with Crippen molar-refractivity contribution < 1.29 is 4.74 Å². The Morgan fingerprint density at radius 1 is 1.29 bits per heavy atom. The van der Waals surface area contributed by atoms with Crippen molar-refractivity contribution in [3.05, 3.63) is 35.9 Å². The molecule has 1 aliphatic heterocycles. The third-order valence-corrected chi connectivity index (χ3v) is 3.46. The molecule has 1 aromatic rings. The van der Waals surface area contributed by atoms with Gasteiger partial charge in [0.25, 0.3) is 0 Å². The molecule has 2 rings (SSSR count). The van der Waals surface area contributed by atoms with Crippen LogP contribution in [-0.4, -0.2) is 18.8 Å². The maximum Gasteiger partial charge on any atom is 0.0729 e. The fraction of sp³-hybridized carbons (Fsp3) is 0.600. The predicted molar refractivity (Wildman–Crippen MR) is 71.0 cm³/mol. The number of unbranched alkanes of at least 4 members (excludes halogenated alkanes) is 1. The van der Waals surface area contributed by atoms with Crippen LogP contribution in [0.4, 0.5) is 0 Å². The molecule has 0 aromatic heterocycles. The van der Waals surface area contributed by atoms with Crippen LogP contribution in [0, 0.1) is 0 Å². The standard InChI is InChI=1S/C15H23NO/c1-2-3-9-15-14(10-11-17-15)16-12-13-7-5-4-6-8-13/h4-8,14-16H,2-3,9-12H2,1H3. The Bertz CT molecular complexity index is 312. The first kappa shape index (κ1) is 12.6. The summed E-state index contributed by atoms with van der Waals surface area (Å²) in [5.41, 5.74) is 1.36. The zero-order valence-electron chi connectivity index (χ0n) is 10.7. The van der Waals surface area contributed by atoms with Gasteiger partial charge in [0.2, 0.25) is 0 Å². The maximum atomic E-state index is 5.79. The van der Waals surface area contributed by atoms with Gasteiger partial charge in [-0.05, 0) is 18.4 Å². The third-order valence-electron chi connectivity index (χ3n) is 3.46. The Kier molecular flexibility index (Phi) is 5.02. The highest BCUT2D eigenvalue weighted by Crippen LogP contribution is 2.19. The monoisotopic (exact) mass is 233 g/mol. The molecule has 94 valence electrons. The minimum Gasteiger partial charge on any atom is -0.377 e. The number of rotatable bonds is 6. The summed E-state index contributed by atoms with van der Waals surface area (Å²) in [6.07, 6.45) is 5.31. The molecule has 1 heterocycles. The summed E-state index contributed by atoms with van der Waals surface area (Å²) in [5.74, 6) is 0. The lowest BCUT2D eigenvalue weighted by Crippen LogP contribution is -2.35. The minimum absolute atomic E-state index is 0.429. The molecule has 0 aliphatic carbocycles. The van der Waals surface area contributed by atoms with Crippen LogP contribution in [0.5, 0.6) is 0 Å². The van der Waals surface area contributed by atoms with E-state index in [2.05, 4.69) is 42.6 Å².